The number of carbonyl (C=O) groups is 2. The number of likely N-dealkylation sites (N-methyl/N-ethyl adjacent to an activating group) is 1. The fraction of sp³-hybridized carbons (Fsp3) is 0.600. The monoisotopic (exact) mass is 376 g/mol. The summed E-state index contributed by atoms with van der Waals surface area (Å²) in [6.45, 7) is 7.77. The van der Waals surface area contributed by atoms with E-state index in [0.29, 0.717) is 32.8 Å². The number of carbonyl (C=O) groups excluding carboxylic acids is 2. The molecule has 0 atom stereocenters. The molecule has 1 aliphatic heterocycles. The lowest BCUT2D eigenvalue weighted by molar-refractivity contribution is -0.132. The number of benzene rings is 1. The van der Waals surface area contributed by atoms with Crippen LogP contribution in [0.5, 0.6) is 0 Å². The first-order chi connectivity index (χ1) is 13.0. The number of hydrogen-bond donors (Lipinski definition) is 1. The maximum absolute atomic E-state index is 12.5. The predicted molar refractivity (Wildman–Crippen MR) is 105 cm³/mol. The Bertz CT molecular complexity index is 598. The molecule has 1 aliphatic rings. The Labute approximate surface area is 162 Å². The zero-order valence-corrected chi connectivity index (χ0v) is 16.7. The van der Waals surface area contributed by atoms with Gasteiger partial charge in [-0.05, 0) is 12.5 Å². The molecular formula is C20H32N4O3. The highest BCUT2D eigenvalue weighted by atomic mass is 16.5. The van der Waals surface area contributed by atoms with E-state index in [4.69, 9.17) is 4.74 Å². The van der Waals surface area contributed by atoms with E-state index < -0.39 is 0 Å². The van der Waals surface area contributed by atoms with Gasteiger partial charge in [0.05, 0.1) is 19.7 Å². The van der Waals surface area contributed by atoms with Crippen LogP contribution in [-0.4, -0.2) is 93.1 Å². The quantitative estimate of drug-likeness (QED) is 0.630. The van der Waals surface area contributed by atoms with Gasteiger partial charge in [-0.2, -0.15) is 0 Å². The SMILES string of the molecule is COCCNC(=O)CN1CCN(CC(=O)N(C)Cc2ccc(C)cc2)CC1. The molecular weight excluding hydrogens is 344 g/mol. The van der Waals surface area contributed by atoms with Gasteiger partial charge in [-0.15, -0.1) is 0 Å². The minimum absolute atomic E-state index is 0.0226. The van der Waals surface area contributed by atoms with Crippen LogP contribution >= 0.6 is 0 Å². The Morgan fingerprint density at radius 2 is 1.67 bits per heavy atom. The number of methoxy groups -OCH3 is 1. The lowest BCUT2D eigenvalue weighted by atomic mass is 10.1. The molecule has 7 heteroatoms. The van der Waals surface area contributed by atoms with Crippen molar-refractivity contribution >= 4 is 11.8 Å². The summed E-state index contributed by atoms with van der Waals surface area (Å²) >= 11 is 0. The van der Waals surface area contributed by atoms with Gasteiger partial charge in [0.25, 0.3) is 0 Å². The van der Waals surface area contributed by atoms with E-state index in [1.54, 1.807) is 12.0 Å². The van der Waals surface area contributed by atoms with E-state index in [-0.39, 0.29) is 11.8 Å². The molecule has 7 nitrogen and oxygen atoms in total. The number of aryl methyl sites for hydroxylation is 1. The molecule has 2 rings (SSSR count). The van der Waals surface area contributed by atoms with Crippen LogP contribution in [0.1, 0.15) is 11.1 Å². The minimum atomic E-state index is 0.0226. The molecule has 1 heterocycles. The van der Waals surface area contributed by atoms with Gasteiger partial charge in [-0.3, -0.25) is 19.4 Å². The Morgan fingerprint density at radius 1 is 1.07 bits per heavy atom. The van der Waals surface area contributed by atoms with Gasteiger partial charge in [0.15, 0.2) is 0 Å². The summed E-state index contributed by atoms with van der Waals surface area (Å²) < 4.78 is 4.92. The highest BCUT2D eigenvalue weighted by Gasteiger charge is 2.21. The largest absolute Gasteiger partial charge is 0.383 e. The second-order valence-electron chi connectivity index (χ2n) is 7.13. The Balaban J connectivity index is 1.67. The number of hydrogen-bond acceptors (Lipinski definition) is 5. The number of piperazine rings is 1. The molecule has 1 fully saturated rings. The van der Waals surface area contributed by atoms with Crippen LogP contribution in [0.2, 0.25) is 0 Å². The third kappa shape index (κ3) is 7.66. The summed E-state index contributed by atoms with van der Waals surface area (Å²) in [6, 6.07) is 8.27. The number of ether oxygens (including phenoxy) is 1. The van der Waals surface area contributed by atoms with Gasteiger partial charge < -0.3 is 15.0 Å². The second-order valence-corrected chi connectivity index (χ2v) is 7.13. The highest BCUT2D eigenvalue weighted by Crippen LogP contribution is 2.07. The van der Waals surface area contributed by atoms with Crippen molar-refractivity contribution in [3.8, 4) is 0 Å². The third-order valence-electron chi connectivity index (χ3n) is 4.79. The Kier molecular flexibility index (Phi) is 8.71. The molecule has 2 amide bonds. The van der Waals surface area contributed by atoms with Crippen molar-refractivity contribution in [3.63, 3.8) is 0 Å². The first kappa shape index (κ1) is 21.3. The van der Waals surface area contributed by atoms with Gasteiger partial charge in [-0.25, -0.2) is 0 Å². The van der Waals surface area contributed by atoms with Crippen molar-refractivity contribution in [1.82, 2.24) is 20.0 Å². The van der Waals surface area contributed by atoms with E-state index in [1.807, 2.05) is 7.05 Å². The average molecular weight is 377 g/mol. The van der Waals surface area contributed by atoms with Crippen LogP contribution in [-0.2, 0) is 20.9 Å². The third-order valence-corrected chi connectivity index (χ3v) is 4.79. The number of rotatable bonds is 9. The Morgan fingerprint density at radius 3 is 2.26 bits per heavy atom. The summed E-state index contributed by atoms with van der Waals surface area (Å²) in [4.78, 5) is 30.4. The van der Waals surface area contributed by atoms with E-state index in [1.165, 1.54) is 5.56 Å². The van der Waals surface area contributed by atoms with E-state index in [9.17, 15) is 9.59 Å². The van der Waals surface area contributed by atoms with Gasteiger partial charge in [0.1, 0.15) is 0 Å². The van der Waals surface area contributed by atoms with Gasteiger partial charge in [0, 0.05) is 53.4 Å². The lowest BCUT2D eigenvalue weighted by Crippen LogP contribution is -2.51. The molecule has 0 radical (unpaired) electrons. The molecule has 150 valence electrons. The van der Waals surface area contributed by atoms with E-state index >= 15 is 0 Å². The number of nitrogens with one attached hydrogen (secondary N) is 1. The van der Waals surface area contributed by atoms with Crippen LogP contribution in [0.4, 0.5) is 0 Å². The second kappa shape index (κ2) is 11.0. The van der Waals surface area contributed by atoms with Crippen LogP contribution in [0, 0.1) is 6.92 Å². The smallest absolute Gasteiger partial charge is 0.236 e. The number of nitrogens with zero attached hydrogens (tertiary/aromatic N) is 3. The Hall–Kier alpha value is -1.96. The molecule has 1 aromatic rings. The van der Waals surface area contributed by atoms with Crippen molar-refractivity contribution in [2.75, 3.05) is 66.6 Å². The van der Waals surface area contributed by atoms with Gasteiger partial charge >= 0.3 is 0 Å². The average Bonchev–Trinajstić information content (AvgIpc) is 2.65. The summed E-state index contributed by atoms with van der Waals surface area (Å²) in [6.07, 6.45) is 0. The molecule has 0 spiro atoms. The molecule has 1 N–H and O–H groups in total. The van der Waals surface area contributed by atoms with Crippen molar-refractivity contribution in [2.24, 2.45) is 0 Å². The predicted octanol–water partition coefficient (Wildman–Crippen LogP) is 0.334. The summed E-state index contributed by atoms with van der Waals surface area (Å²) in [5, 5.41) is 2.84. The fourth-order valence-corrected chi connectivity index (χ4v) is 3.02. The molecule has 0 unspecified atom stereocenters. The van der Waals surface area contributed by atoms with Gasteiger partial charge in [-0.1, -0.05) is 29.8 Å². The van der Waals surface area contributed by atoms with Crippen molar-refractivity contribution in [2.45, 2.75) is 13.5 Å². The fourth-order valence-electron chi connectivity index (χ4n) is 3.02. The zero-order valence-electron chi connectivity index (χ0n) is 16.7. The topological polar surface area (TPSA) is 65.1 Å². The zero-order chi connectivity index (χ0) is 19.6. The molecule has 27 heavy (non-hydrogen) atoms. The van der Waals surface area contributed by atoms with Crippen molar-refractivity contribution < 1.29 is 14.3 Å². The molecule has 0 saturated carbocycles. The molecule has 0 bridgehead atoms. The minimum Gasteiger partial charge on any atom is -0.383 e. The van der Waals surface area contributed by atoms with Crippen molar-refractivity contribution in [3.05, 3.63) is 35.4 Å². The van der Waals surface area contributed by atoms with Crippen molar-refractivity contribution in [1.29, 1.82) is 0 Å². The normalized spacial score (nSPS) is 15.5. The van der Waals surface area contributed by atoms with E-state index in [0.717, 1.165) is 31.7 Å². The van der Waals surface area contributed by atoms with Crippen LogP contribution < -0.4 is 5.32 Å². The molecule has 1 saturated heterocycles. The summed E-state index contributed by atoms with van der Waals surface area (Å²) in [5.41, 5.74) is 2.36. The first-order valence-corrected chi connectivity index (χ1v) is 9.48. The van der Waals surface area contributed by atoms with Crippen LogP contribution in [0.3, 0.4) is 0 Å². The highest BCUT2D eigenvalue weighted by molar-refractivity contribution is 5.78. The standard InChI is InChI=1S/C20H32N4O3/c1-17-4-6-18(7-5-17)14-22(2)20(26)16-24-11-9-23(10-12-24)15-19(25)21-8-13-27-3/h4-7H,8-16H2,1-3H3,(H,21,25). The van der Waals surface area contributed by atoms with E-state index in [2.05, 4.69) is 46.3 Å². The summed E-state index contributed by atoms with van der Waals surface area (Å²) in [5.74, 6) is 0.149. The molecule has 1 aromatic carbocycles. The van der Waals surface area contributed by atoms with Crippen LogP contribution in [0.15, 0.2) is 24.3 Å². The maximum Gasteiger partial charge on any atom is 0.236 e. The molecule has 0 aromatic heterocycles. The summed E-state index contributed by atoms with van der Waals surface area (Å²) in [7, 11) is 3.47. The number of amides is 2. The van der Waals surface area contributed by atoms with Crippen LogP contribution in [0.25, 0.3) is 0 Å². The van der Waals surface area contributed by atoms with Gasteiger partial charge in [0.2, 0.25) is 11.8 Å². The maximum atomic E-state index is 12.5. The molecule has 0 aliphatic carbocycles. The lowest BCUT2D eigenvalue weighted by Gasteiger charge is -2.34. The first-order valence-electron chi connectivity index (χ1n) is 9.48.